The number of methoxy groups -OCH3 is 1. The van der Waals surface area contributed by atoms with Gasteiger partial charge in [0, 0.05) is 13.3 Å². The molecule has 3 amide bonds. The van der Waals surface area contributed by atoms with Crippen LogP contribution in [0.5, 0.6) is 0 Å². The molecule has 13 heteroatoms. The van der Waals surface area contributed by atoms with E-state index in [1.807, 2.05) is 0 Å². The number of aryl methyl sites for hydroxylation is 1. The van der Waals surface area contributed by atoms with Crippen molar-refractivity contribution in [2.45, 2.75) is 64.9 Å². The number of halogens is 3. The first kappa shape index (κ1) is 29.8. The lowest BCUT2D eigenvalue weighted by Crippen LogP contribution is -2.48. The summed E-state index contributed by atoms with van der Waals surface area (Å²) in [5.74, 6) is -1.53. The molecule has 0 bridgehead atoms. The molecule has 1 unspecified atom stereocenters. The van der Waals surface area contributed by atoms with Gasteiger partial charge >= 0.3 is 24.1 Å². The first-order chi connectivity index (χ1) is 18.2. The molecule has 212 valence electrons. The van der Waals surface area contributed by atoms with E-state index in [1.54, 1.807) is 27.7 Å². The molecule has 1 aliphatic carbocycles. The van der Waals surface area contributed by atoms with E-state index in [0.717, 1.165) is 18.9 Å². The molecule has 1 fully saturated rings. The van der Waals surface area contributed by atoms with Crippen molar-refractivity contribution < 1.29 is 37.0 Å². The van der Waals surface area contributed by atoms with E-state index in [4.69, 9.17) is 9.47 Å². The van der Waals surface area contributed by atoms with Crippen LogP contribution in [0.3, 0.4) is 0 Å². The quantitative estimate of drug-likeness (QED) is 0.462. The highest BCUT2D eigenvalue weighted by atomic mass is 19.4. The van der Waals surface area contributed by atoms with Crippen LogP contribution in [-0.4, -0.2) is 58.1 Å². The topological polar surface area (TPSA) is 123 Å². The number of carbonyl (C=O) groups excluding carboxylic acids is 3. The molecule has 2 aromatic heterocycles. The minimum Gasteiger partial charge on any atom is -0.444 e. The molecule has 0 saturated heterocycles. The summed E-state index contributed by atoms with van der Waals surface area (Å²) in [5, 5.41) is 5.03. The van der Waals surface area contributed by atoms with E-state index in [9.17, 15) is 27.6 Å². The van der Waals surface area contributed by atoms with Gasteiger partial charge in [-0.15, -0.1) is 0 Å². The van der Waals surface area contributed by atoms with Gasteiger partial charge in [0.05, 0.1) is 42.3 Å². The summed E-state index contributed by atoms with van der Waals surface area (Å²) >= 11 is 0. The Labute approximate surface area is 224 Å². The van der Waals surface area contributed by atoms with Gasteiger partial charge in [-0.3, -0.25) is 19.9 Å². The monoisotopic (exact) mass is 551 g/mol. The number of ether oxygens (including phenoxy) is 2. The second kappa shape index (κ2) is 12.0. The fraction of sp³-hybridized carbons (Fsp3) is 0.500. The summed E-state index contributed by atoms with van der Waals surface area (Å²) < 4.78 is 49.3. The van der Waals surface area contributed by atoms with Crippen molar-refractivity contribution in [3.63, 3.8) is 0 Å². The zero-order valence-electron chi connectivity index (χ0n) is 22.4. The number of pyridine rings is 2. The van der Waals surface area contributed by atoms with Gasteiger partial charge in [0.1, 0.15) is 11.4 Å². The Morgan fingerprint density at radius 1 is 1.10 bits per heavy atom. The molecule has 0 aliphatic heterocycles. The van der Waals surface area contributed by atoms with Crippen LogP contribution in [0.2, 0.25) is 0 Å². The molecule has 2 heterocycles. The van der Waals surface area contributed by atoms with Crippen LogP contribution in [0.15, 0.2) is 30.6 Å². The average Bonchev–Trinajstić information content (AvgIpc) is 3.66. The van der Waals surface area contributed by atoms with E-state index in [2.05, 4.69) is 20.6 Å². The normalized spacial score (nSPS) is 14.4. The number of hydrogen-bond acceptors (Lipinski definition) is 7. The molecule has 3 rings (SSSR count). The van der Waals surface area contributed by atoms with Crippen molar-refractivity contribution in [1.82, 2.24) is 14.9 Å². The fourth-order valence-electron chi connectivity index (χ4n) is 3.82. The van der Waals surface area contributed by atoms with E-state index < -0.39 is 41.3 Å². The number of carbonyl (C=O) groups is 3. The largest absolute Gasteiger partial charge is 0.444 e. The molecule has 2 N–H and O–H groups in total. The van der Waals surface area contributed by atoms with Crippen LogP contribution >= 0.6 is 0 Å². The molecule has 1 saturated carbocycles. The second-order valence-electron chi connectivity index (χ2n) is 10.3. The number of nitrogens with zero attached hydrogens (tertiary/aromatic N) is 3. The van der Waals surface area contributed by atoms with E-state index in [1.165, 1.54) is 30.3 Å². The molecule has 1 atom stereocenters. The summed E-state index contributed by atoms with van der Waals surface area (Å²) in [5.41, 5.74) is -0.698. The molecule has 39 heavy (non-hydrogen) atoms. The minimum atomic E-state index is -4.54. The smallest absolute Gasteiger partial charge is 0.417 e. The van der Waals surface area contributed by atoms with Gasteiger partial charge in [0.2, 0.25) is 0 Å². The first-order valence-electron chi connectivity index (χ1n) is 12.3. The predicted molar refractivity (Wildman–Crippen MR) is 136 cm³/mol. The molecule has 2 aromatic rings. The summed E-state index contributed by atoms with van der Waals surface area (Å²) in [4.78, 5) is 47.6. The average molecular weight is 552 g/mol. The number of amides is 3. The molecule has 0 radical (unpaired) electrons. The number of aromatic nitrogens is 2. The van der Waals surface area contributed by atoms with Gasteiger partial charge < -0.3 is 19.7 Å². The molecular formula is C26H32F3N5O5. The molecule has 0 aromatic carbocycles. The van der Waals surface area contributed by atoms with E-state index in [0.29, 0.717) is 11.8 Å². The van der Waals surface area contributed by atoms with Gasteiger partial charge in [-0.2, -0.15) is 13.2 Å². The Balaban J connectivity index is 1.75. The summed E-state index contributed by atoms with van der Waals surface area (Å²) in [6, 6.07) is 3.13. The molecule has 10 nitrogen and oxygen atoms in total. The Kier molecular flexibility index (Phi) is 9.15. The maximum absolute atomic E-state index is 13.3. The lowest BCUT2D eigenvalue weighted by molar-refractivity contribution is -0.146. The van der Waals surface area contributed by atoms with Crippen LogP contribution in [0.25, 0.3) is 0 Å². The van der Waals surface area contributed by atoms with Gasteiger partial charge in [-0.25, -0.2) is 9.78 Å². The third kappa shape index (κ3) is 8.63. The van der Waals surface area contributed by atoms with Crippen molar-refractivity contribution in [1.29, 1.82) is 0 Å². The van der Waals surface area contributed by atoms with E-state index >= 15 is 0 Å². The lowest BCUT2D eigenvalue weighted by atomic mass is 10.1. The summed E-state index contributed by atoms with van der Waals surface area (Å²) in [6.45, 7) is 6.79. The van der Waals surface area contributed by atoms with E-state index in [-0.39, 0.29) is 36.3 Å². The maximum Gasteiger partial charge on any atom is 0.417 e. The Morgan fingerprint density at radius 2 is 1.79 bits per heavy atom. The van der Waals surface area contributed by atoms with Gasteiger partial charge in [0.15, 0.2) is 0 Å². The van der Waals surface area contributed by atoms with Crippen molar-refractivity contribution >= 4 is 29.4 Å². The van der Waals surface area contributed by atoms with Gasteiger partial charge in [-0.05, 0) is 70.2 Å². The third-order valence-electron chi connectivity index (χ3n) is 5.80. The van der Waals surface area contributed by atoms with Crippen LogP contribution < -0.4 is 10.6 Å². The number of rotatable bonds is 8. The first-order valence-corrected chi connectivity index (χ1v) is 12.3. The minimum absolute atomic E-state index is 0.0956. The standard InChI is InChI=1S/C26H32F3N5O5/c1-15-10-19(12-31-21(15)33-24(37)39-25(2,3)4)32-22(35)23(36)34(20(14-38-5)16-6-7-16)13-18-9-8-17(11-30-18)26(27,28)29/h8-12,16,20H,6-7,13-14H2,1-5H3,(H,32,35)(H,31,33,37). The highest BCUT2D eigenvalue weighted by Gasteiger charge is 2.40. The van der Waals surface area contributed by atoms with Crippen molar-refractivity contribution in [3.05, 3.63) is 47.4 Å². The summed E-state index contributed by atoms with van der Waals surface area (Å²) in [7, 11) is 1.47. The molecule has 1 aliphatic rings. The number of nitrogens with one attached hydrogen (secondary N) is 2. The van der Waals surface area contributed by atoms with Gasteiger partial charge in [-0.1, -0.05) is 0 Å². The predicted octanol–water partition coefficient (Wildman–Crippen LogP) is 4.54. The molecular weight excluding hydrogens is 519 g/mol. The highest BCUT2D eigenvalue weighted by Crippen LogP contribution is 2.36. The maximum atomic E-state index is 13.3. The fourth-order valence-corrected chi connectivity index (χ4v) is 3.82. The van der Waals surface area contributed by atoms with Crippen molar-refractivity contribution in [2.75, 3.05) is 24.4 Å². The highest BCUT2D eigenvalue weighted by molar-refractivity contribution is 6.39. The van der Waals surface area contributed by atoms with Gasteiger partial charge in [0.25, 0.3) is 0 Å². The van der Waals surface area contributed by atoms with Crippen LogP contribution in [-0.2, 0) is 31.8 Å². The van der Waals surface area contributed by atoms with Crippen LogP contribution in [0.1, 0.15) is 50.4 Å². The Morgan fingerprint density at radius 3 is 2.31 bits per heavy atom. The number of anilines is 2. The SMILES string of the molecule is COCC(C1CC1)N(Cc1ccc(C(F)(F)F)cn1)C(=O)C(=O)Nc1cnc(NC(=O)OC(C)(C)C)c(C)c1. The van der Waals surface area contributed by atoms with Crippen LogP contribution in [0, 0.1) is 12.8 Å². The number of hydrogen-bond donors (Lipinski definition) is 2. The lowest BCUT2D eigenvalue weighted by Gasteiger charge is -2.31. The van der Waals surface area contributed by atoms with Crippen molar-refractivity contribution in [3.8, 4) is 0 Å². The number of alkyl halides is 3. The second-order valence-corrected chi connectivity index (χ2v) is 10.3. The molecule has 0 spiro atoms. The Bertz CT molecular complexity index is 1190. The zero-order chi connectivity index (χ0) is 29.0. The third-order valence-corrected chi connectivity index (χ3v) is 5.80. The Hall–Kier alpha value is -3.74. The zero-order valence-corrected chi connectivity index (χ0v) is 22.4. The van der Waals surface area contributed by atoms with Crippen molar-refractivity contribution in [2.24, 2.45) is 5.92 Å². The van der Waals surface area contributed by atoms with Crippen LogP contribution in [0.4, 0.5) is 29.5 Å². The summed E-state index contributed by atoms with van der Waals surface area (Å²) in [6.07, 6.45) is -1.61.